The second-order valence-corrected chi connectivity index (χ2v) is 4.45. The predicted octanol–water partition coefficient (Wildman–Crippen LogP) is 2.74. The number of rotatable bonds is 4. The monoisotopic (exact) mass is 242 g/mol. The molecule has 18 heavy (non-hydrogen) atoms. The molecule has 2 N–H and O–H groups in total. The standard InChI is InChI=1S/C15H18N2O/c1-2-3-4-10-18-17-15-7-5-6-12-11-13(16)8-9-14(12)15/h1,8-9,11H,3-7,10,16H2/b17-15+. The first-order valence-corrected chi connectivity index (χ1v) is 6.32. The molecule has 0 aliphatic heterocycles. The third-order valence-electron chi connectivity index (χ3n) is 3.03. The average Bonchev–Trinajstić information content (AvgIpc) is 2.38. The normalized spacial score (nSPS) is 16.1. The van der Waals surface area contributed by atoms with Gasteiger partial charge in [-0.3, -0.25) is 0 Å². The molecule has 1 aliphatic rings. The third-order valence-corrected chi connectivity index (χ3v) is 3.03. The molecule has 1 aromatic rings. The molecule has 0 fully saturated rings. The van der Waals surface area contributed by atoms with Crippen LogP contribution in [0.2, 0.25) is 0 Å². The van der Waals surface area contributed by atoms with E-state index in [0.717, 1.165) is 43.5 Å². The van der Waals surface area contributed by atoms with Crippen LogP contribution in [0.4, 0.5) is 5.69 Å². The molecule has 0 saturated heterocycles. The number of fused-ring (bicyclic) bond motifs is 1. The van der Waals surface area contributed by atoms with Crippen molar-refractivity contribution in [3.8, 4) is 12.3 Å². The highest BCUT2D eigenvalue weighted by molar-refractivity contribution is 6.02. The first-order valence-electron chi connectivity index (χ1n) is 6.32. The Hall–Kier alpha value is -1.95. The molecular weight excluding hydrogens is 224 g/mol. The Labute approximate surface area is 108 Å². The summed E-state index contributed by atoms with van der Waals surface area (Å²) in [6.07, 6.45) is 9.89. The summed E-state index contributed by atoms with van der Waals surface area (Å²) in [5, 5.41) is 4.23. The lowest BCUT2D eigenvalue weighted by molar-refractivity contribution is 0.142. The van der Waals surface area contributed by atoms with Crippen LogP contribution in [-0.4, -0.2) is 12.3 Å². The van der Waals surface area contributed by atoms with E-state index in [-0.39, 0.29) is 0 Å². The maximum Gasteiger partial charge on any atom is 0.118 e. The largest absolute Gasteiger partial charge is 0.399 e. The predicted molar refractivity (Wildman–Crippen MR) is 74.3 cm³/mol. The van der Waals surface area contributed by atoms with Crippen molar-refractivity contribution < 1.29 is 4.84 Å². The van der Waals surface area contributed by atoms with Gasteiger partial charge in [-0.05, 0) is 43.4 Å². The summed E-state index contributed by atoms with van der Waals surface area (Å²) in [5.74, 6) is 2.59. The second kappa shape index (κ2) is 6.11. The minimum atomic E-state index is 0.581. The number of nitrogen functional groups attached to an aromatic ring is 1. The van der Waals surface area contributed by atoms with E-state index in [0.29, 0.717) is 6.61 Å². The second-order valence-electron chi connectivity index (χ2n) is 4.45. The Balaban J connectivity index is 2.03. The number of terminal acetylenes is 1. The first-order chi connectivity index (χ1) is 8.81. The van der Waals surface area contributed by atoms with Crippen LogP contribution in [0.1, 0.15) is 36.8 Å². The zero-order valence-electron chi connectivity index (χ0n) is 10.5. The van der Waals surface area contributed by atoms with Crippen LogP contribution in [0.5, 0.6) is 0 Å². The van der Waals surface area contributed by atoms with Crippen LogP contribution >= 0.6 is 0 Å². The smallest absolute Gasteiger partial charge is 0.118 e. The van der Waals surface area contributed by atoms with E-state index in [4.69, 9.17) is 17.0 Å². The Bertz CT molecular complexity index is 486. The van der Waals surface area contributed by atoms with Crippen LogP contribution in [0.25, 0.3) is 0 Å². The van der Waals surface area contributed by atoms with Gasteiger partial charge in [0.15, 0.2) is 0 Å². The van der Waals surface area contributed by atoms with Crippen molar-refractivity contribution >= 4 is 11.4 Å². The summed E-state index contributed by atoms with van der Waals surface area (Å²) < 4.78 is 0. The molecule has 0 atom stereocenters. The van der Waals surface area contributed by atoms with E-state index < -0.39 is 0 Å². The molecule has 0 aromatic heterocycles. The summed E-state index contributed by atoms with van der Waals surface area (Å²) >= 11 is 0. The summed E-state index contributed by atoms with van der Waals surface area (Å²) in [6.45, 7) is 0.581. The van der Waals surface area contributed by atoms with Gasteiger partial charge in [0.2, 0.25) is 0 Å². The van der Waals surface area contributed by atoms with Crippen LogP contribution in [0.15, 0.2) is 23.4 Å². The van der Waals surface area contributed by atoms with Crippen molar-refractivity contribution in [3.05, 3.63) is 29.3 Å². The number of hydrogen-bond donors (Lipinski definition) is 1. The highest BCUT2D eigenvalue weighted by Gasteiger charge is 2.15. The molecule has 0 heterocycles. The third kappa shape index (κ3) is 3.04. The molecule has 0 radical (unpaired) electrons. The molecule has 3 nitrogen and oxygen atoms in total. The van der Waals surface area contributed by atoms with Crippen molar-refractivity contribution in [3.63, 3.8) is 0 Å². The first kappa shape index (κ1) is 12.5. The van der Waals surface area contributed by atoms with E-state index in [9.17, 15) is 0 Å². The summed E-state index contributed by atoms with van der Waals surface area (Å²) in [7, 11) is 0. The minimum Gasteiger partial charge on any atom is -0.399 e. The Morgan fingerprint density at radius 3 is 3.11 bits per heavy atom. The zero-order chi connectivity index (χ0) is 12.8. The number of benzene rings is 1. The average molecular weight is 242 g/mol. The lowest BCUT2D eigenvalue weighted by Gasteiger charge is -2.17. The van der Waals surface area contributed by atoms with Gasteiger partial charge in [-0.25, -0.2) is 0 Å². The van der Waals surface area contributed by atoms with Gasteiger partial charge in [-0.2, -0.15) is 0 Å². The number of aryl methyl sites for hydroxylation is 1. The summed E-state index contributed by atoms with van der Waals surface area (Å²) in [4.78, 5) is 5.32. The molecule has 0 spiro atoms. The van der Waals surface area contributed by atoms with Crippen molar-refractivity contribution in [2.24, 2.45) is 5.16 Å². The highest BCUT2D eigenvalue weighted by Crippen LogP contribution is 2.23. The molecule has 1 aromatic carbocycles. The van der Waals surface area contributed by atoms with E-state index in [1.165, 1.54) is 11.1 Å². The lowest BCUT2D eigenvalue weighted by atomic mass is 9.90. The van der Waals surface area contributed by atoms with Gasteiger partial charge < -0.3 is 10.6 Å². The van der Waals surface area contributed by atoms with Gasteiger partial charge in [-0.15, -0.1) is 12.3 Å². The Kier molecular flexibility index (Phi) is 4.25. The molecule has 0 saturated carbocycles. The SMILES string of the molecule is C#CCCCO/N=C1\CCCc2cc(N)ccc21. The van der Waals surface area contributed by atoms with Crippen molar-refractivity contribution in [1.29, 1.82) is 0 Å². The fourth-order valence-corrected chi connectivity index (χ4v) is 2.14. The van der Waals surface area contributed by atoms with Crippen LogP contribution in [-0.2, 0) is 11.3 Å². The summed E-state index contributed by atoms with van der Waals surface area (Å²) in [5.41, 5.74) is 10.1. The number of hydrogen-bond acceptors (Lipinski definition) is 3. The number of unbranched alkanes of at least 4 members (excludes halogenated alkanes) is 1. The lowest BCUT2D eigenvalue weighted by Crippen LogP contribution is -2.13. The number of anilines is 1. The molecule has 0 bridgehead atoms. The van der Waals surface area contributed by atoms with Gasteiger partial charge in [0.25, 0.3) is 0 Å². The Morgan fingerprint density at radius 1 is 1.39 bits per heavy atom. The molecule has 0 unspecified atom stereocenters. The maximum atomic E-state index is 5.79. The van der Waals surface area contributed by atoms with Crippen LogP contribution in [0, 0.1) is 12.3 Å². The molecular formula is C15H18N2O. The van der Waals surface area contributed by atoms with E-state index in [1.807, 2.05) is 18.2 Å². The summed E-state index contributed by atoms with van der Waals surface area (Å²) in [6, 6.07) is 5.98. The molecule has 0 amide bonds. The van der Waals surface area contributed by atoms with Gasteiger partial charge in [0, 0.05) is 17.7 Å². The van der Waals surface area contributed by atoms with Gasteiger partial charge in [0.1, 0.15) is 6.61 Å². The topological polar surface area (TPSA) is 47.6 Å². The minimum absolute atomic E-state index is 0.581. The molecule has 2 rings (SSSR count). The highest BCUT2D eigenvalue weighted by atomic mass is 16.6. The van der Waals surface area contributed by atoms with Crippen molar-refractivity contribution in [2.45, 2.75) is 32.1 Å². The van der Waals surface area contributed by atoms with Gasteiger partial charge in [-0.1, -0.05) is 11.2 Å². The van der Waals surface area contributed by atoms with Gasteiger partial charge in [0.05, 0.1) is 5.71 Å². The fourth-order valence-electron chi connectivity index (χ4n) is 2.14. The van der Waals surface area contributed by atoms with E-state index in [1.54, 1.807) is 0 Å². The van der Waals surface area contributed by atoms with Crippen molar-refractivity contribution in [1.82, 2.24) is 0 Å². The Morgan fingerprint density at radius 2 is 2.28 bits per heavy atom. The molecule has 3 heteroatoms. The quantitative estimate of drug-likeness (QED) is 0.382. The van der Waals surface area contributed by atoms with E-state index in [2.05, 4.69) is 11.1 Å². The maximum absolute atomic E-state index is 5.79. The van der Waals surface area contributed by atoms with Gasteiger partial charge >= 0.3 is 0 Å². The number of nitrogens with zero attached hydrogens (tertiary/aromatic N) is 1. The molecule has 1 aliphatic carbocycles. The number of oxime groups is 1. The number of nitrogens with two attached hydrogens (primary N) is 1. The molecule has 94 valence electrons. The van der Waals surface area contributed by atoms with Crippen LogP contribution < -0.4 is 5.73 Å². The van der Waals surface area contributed by atoms with Crippen LogP contribution in [0.3, 0.4) is 0 Å². The zero-order valence-corrected chi connectivity index (χ0v) is 10.5. The fraction of sp³-hybridized carbons (Fsp3) is 0.400. The van der Waals surface area contributed by atoms with E-state index >= 15 is 0 Å². The van der Waals surface area contributed by atoms with Crippen molar-refractivity contribution in [2.75, 3.05) is 12.3 Å².